The second-order valence-corrected chi connectivity index (χ2v) is 7.89. The van der Waals surface area contributed by atoms with Crippen LogP contribution in [-0.2, 0) is 4.79 Å². The van der Waals surface area contributed by atoms with Gasteiger partial charge >= 0.3 is 0 Å². The SMILES string of the molecule is O=C(CSc1nncn1-c1ccccc1)N1CCC[C@@H]2CCCC[C@@H]21. The number of hydrogen-bond acceptors (Lipinski definition) is 4. The Hall–Kier alpha value is -1.82. The van der Waals surface area contributed by atoms with Crippen molar-refractivity contribution in [3.05, 3.63) is 36.7 Å². The van der Waals surface area contributed by atoms with Gasteiger partial charge in [0.25, 0.3) is 0 Å². The van der Waals surface area contributed by atoms with E-state index in [1.54, 1.807) is 6.33 Å². The molecule has 1 aromatic heterocycles. The Morgan fingerprint density at radius 3 is 2.80 bits per heavy atom. The van der Waals surface area contributed by atoms with Crippen LogP contribution in [0.2, 0.25) is 0 Å². The summed E-state index contributed by atoms with van der Waals surface area (Å²) in [5, 5.41) is 8.99. The first-order valence-electron chi connectivity index (χ1n) is 9.20. The number of likely N-dealkylation sites (tertiary alicyclic amines) is 1. The first kappa shape index (κ1) is 16.6. The summed E-state index contributed by atoms with van der Waals surface area (Å²) in [4.78, 5) is 15.0. The van der Waals surface area contributed by atoms with Crippen LogP contribution in [0.25, 0.3) is 5.69 Å². The third-order valence-electron chi connectivity index (χ3n) is 5.44. The van der Waals surface area contributed by atoms with Crippen molar-refractivity contribution in [3.8, 4) is 5.69 Å². The van der Waals surface area contributed by atoms with Crippen LogP contribution in [0.1, 0.15) is 38.5 Å². The van der Waals surface area contributed by atoms with Crippen molar-refractivity contribution in [2.75, 3.05) is 12.3 Å². The predicted octanol–water partition coefficient (Wildman–Crippen LogP) is 3.54. The minimum atomic E-state index is 0.254. The maximum absolute atomic E-state index is 12.8. The molecule has 0 N–H and O–H groups in total. The second kappa shape index (κ2) is 7.60. The van der Waals surface area contributed by atoms with E-state index in [2.05, 4.69) is 15.1 Å². The molecule has 1 aromatic carbocycles. The van der Waals surface area contributed by atoms with E-state index in [1.807, 2.05) is 34.9 Å². The zero-order valence-electron chi connectivity index (χ0n) is 14.4. The molecule has 2 atom stereocenters. The van der Waals surface area contributed by atoms with Crippen molar-refractivity contribution in [2.45, 2.75) is 49.7 Å². The molecule has 5 nitrogen and oxygen atoms in total. The smallest absolute Gasteiger partial charge is 0.233 e. The highest BCUT2D eigenvalue weighted by Crippen LogP contribution is 2.35. The van der Waals surface area contributed by atoms with Gasteiger partial charge in [0.15, 0.2) is 5.16 Å². The molecule has 2 aromatic rings. The van der Waals surface area contributed by atoms with Gasteiger partial charge in [0.05, 0.1) is 5.75 Å². The summed E-state index contributed by atoms with van der Waals surface area (Å²) in [5.74, 6) is 1.42. The molecule has 4 rings (SSSR count). The molecule has 0 unspecified atom stereocenters. The number of hydrogen-bond donors (Lipinski definition) is 0. The third-order valence-corrected chi connectivity index (χ3v) is 6.37. The number of aromatic nitrogens is 3. The standard InChI is InChI=1S/C19H24N4OS/c24-18(22-12-6-8-15-7-4-5-11-17(15)22)13-25-19-21-20-14-23(19)16-9-2-1-3-10-16/h1-3,9-10,14-15,17H,4-8,11-13H2/t15-,17-/m0/s1. The van der Waals surface area contributed by atoms with Gasteiger partial charge in [-0.25, -0.2) is 0 Å². The number of fused-ring (bicyclic) bond motifs is 1. The lowest BCUT2D eigenvalue weighted by molar-refractivity contribution is -0.134. The lowest BCUT2D eigenvalue weighted by atomic mass is 9.78. The van der Waals surface area contributed by atoms with E-state index in [1.165, 1.54) is 43.9 Å². The minimum absolute atomic E-state index is 0.254. The number of piperidine rings is 1. The average Bonchev–Trinajstić information content (AvgIpc) is 3.15. The molecule has 6 heteroatoms. The van der Waals surface area contributed by atoms with Gasteiger partial charge in [-0.05, 0) is 43.7 Å². The van der Waals surface area contributed by atoms with Crippen LogP contribution in [0.3, 0.4) is 0 Å². The van der Waals surface area contributed by atoms with E-state index < -0.39 is 0 Å². The Kier molecular flexibility index (Phi) is 5.06. The molecule has 1 amide bonds. The van der Waals surface area contributed by atoms with Crippen molar-refractivity contribution >= 4 is 17.7 Å². The Labute approximate surface area is 152 Å². The van der Waals surface area contributed by atoms with E-state index in [0.717, 1.165) is 29.7 Å². The molecule has 0 spiro atoms. The van der Waals surface area contributed by atoms with Crippen LogP contribution in [0.15, 0.2) is 41.8 Å². The molecule has 2 fully saturated rings. The summed E-state index contributed by atoms with van der Waals surface area (Å²) in [5.41, 5.74) is 1.02. The molecule has 1 aliphatic heterocycles. The van der Waals surface area contributed by atoms with Crippen molar-refractivity contribution in [3.63, 3.8) is 0 Å². The number of rotatable bonds is 4. The van der Waals surface area contributed by atoms with E-state index in [4.69, 9.17) is 0 Å². The number of nitrogens with zero attached hydrogens (tertiary/aromatic N) is 4. The maximum Gasteiger partial charge on any atom is 0.233 e. The first-order chi connectivity index (χ1) is 12.3. The molecule has 0 radical (unpaired) electrons. The van der Waals surface area contributed by atoms with Gasteiger partial charge in [-0.15, -0.1) is 10.2 Å². The van der Waals surface area contributed by atoms with Gasteiger partial charge < -0.3 is 4.90 Å². The lowest BCUT2D eigenvalue weighted by Crippen LogP contribution is -2.50. The summed E-state index contributed by atoms with van der Waals surface area (Å²) in [6, 6.07) is 10.5. The number of benzene rings is 1. The van der Waals surface area contributed by atoms with Crippen molar-refractivity contribution < 1.29 is 4.79 Å². The summed E-state index contributed by atoms with van der Waals surface area (Å²) in [6.07, 6.45) is 9.23. The van der Waals surface area contributed by atoms with Crippen molar-refractivity contribution in [1.82, 2.24) is 19.7 Å². The highest BCUT2D eigenvalue weighted by Gasteiger charge is 2.35. The maximum atomic E-state index is 12.8. The molecule has 2 aliphatic rings. The van der Waals surface area contributed by atoms with E-state index >= 15 is 0 Å². The minimum Gasteiger partial charge on any atom is -0.339 e. The van der Waals surface area contributed by atoms with Gasteiger partial charge in [0.2, 0.25) is 5.91 Å². The number of carbonyl (C=O) groups is 1. The molecule has 1 saturated heterocycles. The zero-order chi connectivity index (χ0) is 17.1. The van der Waals surface area contributed by atoms with Gasteiger partial charge in [-0.2, -0.15) is 0 Å². The fourth-order valence-electron chi connectivity index (χ4n) is 4.23. The summed E-state index contributed by atoms with van der Waals surface area (Å²) in [7, 11) is 0. The molecule has 0 bridgehead atoms. The van der Waals surface area contributed by atoms with Gasteiger partial charge in [-0.3, -0.25) is 9.36 Å². The molecule has 2 heterocycles. The normalized spacial score (nSPS) is 23.3. The summed E-state index contributed by atoms with van der Waals surface area (Å²) >= 11 is 1.49. The highest BCUT2D eigenvalue weighted by atomic mass is 32.2. The lowest BCUT2D eigenvalue weighted by Gasteiger charge is -2.44. The van der Waals surface area contributed by atoms with E-state index in [0.29, 0.717) is 11.8 Å². The molecule has 25 heavy (non-hydrogen) atoms. The largest absolute Gasteiger partial charge is 0.339 e. The molecule has 132 valence electrons. The Morgan fingerprint density at radius 2 is 1.92 bits per heavy atom. The van der Waals surface area contributed by atoms with Crippen LogP contribution in [0.5, 0.6) is 0 Å². The van der Waals surface area contributed by atoms with Gasteiger partial charge in [0.1, 0.15) is 6.33 Å². The molecule has 1 saturated carbocycles. The van der Waals surface area contributed by atoms with Crippen LogP contribution in [0, 0.1) is 5.92 Å². The average molecular weight is 356 g/mol. The summed E-state index contributed by atoms with van der Waals surface area (Å²) in [6.45, 7) is 0.923. The monoisotopic (exact) mass is 356 g/mol. The molecule has 1 aliphatic carbocycles. The predicted molar refractivity (Wildman–Crippen MR) is 98.8 cm³/mol. The topological polar surface area (TPSA) is 51.0 Å². The Morgan fingerprint density at radius 1 is 1.12 bits per heavy atom. The van der Waals surface area contributed by atoms with Gasteiger partial charge in [0, 0.05) is 18.3 Å². The van der Waals surface area contributed by atoms with Crippen LogP contribution in [-0.4, -0.2) is 43.9 Å². The quantitative estimate of drug-likeness (QED) is 0.786. The van der Waals surface area contributed by atoms with Crippen LogP contribution in [0.4, 0.5) is 0 Å². The number of thioether (sulfide) groups is 1. The summed E-state index contributed by atoms with van der Waals surface area (Å²) < 4.78 is 1.94. The highest BCUT2D eigenvalue weighted by molar-refractivity contribution is 7.99. The number of para-hydroxylation sites is 1. The number of carbonyl (C=O) groups excluding carboxylic acids is 1. The van der Waals surface area contributed by atoms with Gasteiger partial charge in [-0.1, -0.05) is 42.8 Å². The first-order valence-corrected chi connectivity index (χ1v) is 10.2. The Bertz CT molecular complexity index is 715. The van der Waals surface area contributed by atoms with E-state index in [9.17, 15) is 4.79 Å². The van der Waals surface area contributed by atoms with E-state index in [-0.39, 0.29) is 5.91 Å². The second-order valence-electron chi connectivity index (χ2n) is 6.95. The fourth-order valence-corrected chi connectivity index (χ4v) is 5.05. The Balaban J connectivity index is 1.42. The van der Waals surface area contributed by atoms with Crippen molar-refractivity contribution in [2.24, 2.45) is 5.92 Å². The molecular formula is C19H24N4OS. The fraction of sp³-hybridized carbons (Fsp3) is 0.526. The number of amides is 1. The molecular weight excluding hydrogens is 332 g/mol. The zero-order valence-corrected chi connectivity index (χ0v) is 15.2. The third kappa shape index (κ3) is 3.59. The van der Waals surface area contributed by atoms with Crippen molar-refractivity contribution in [1.29, 1.82) is 0 Å². The van der Waals surface area contributed by atoms with Crippen LogP contribution >= 0.6 is 11.8 Å². The van der Waals surface area contributed by atoms with Crippen LogP contribution < -0.4 is 0 Å².